The summed E-state index contributed by atoms with van der Waals surface area (Å²) >= 11 is 0. The van der Waals surface area contributed by atoms with Crippen LogP contribution in [0, 0.1) is 0 Å². The lowest BCUT2D eigenvalue weighted by Gasteiger charge is -2.33. The van der Waals surface area contributed by atoms with Gasteiger partial charge in [0.05, 0.1) is 23.6 Å². The molecule has 2 aliphatic rings. The molecule has 2 heterocycles. The van der Waals surface area contributed by atoms with Crippen molar-refractivity contribution < 1.29 is 13.2 Å². The molecule has 6 nitrogen and oxygen atoms in total. The molecule has 0 saturated carbocycles. The number of benzene rings is 1. The van der Waals surface area contributed by atoms with E-state index in [0.29, 0.717) is 24.6 Å². The van der Waals surface area contributed by atoms with Gasteiger partial charge in [-0.3, -0.25) is 4.90 Å². The minimum Gasteiger partial charge on any atom is -0.374 e. The van der Waals surface area contributed by atoms with E-state index in [1.807, 2.05) is 33.3 Å². The molecule has 23 heavy (non-hydrogen) atoms. The number of hydrogen-bond acceptors (Lipinski definition) is 5. The molecule has 3 rings (SSSR count). The van der Waals surface area contributed by atoms with E-state index in [-0.39, 0.29) is 12.1 Å². The van der Waals surface area contributed by atoms with Crippen molar-refractivity contribution in [2.45, 2.75) is 23.6 Å². The van der Waals surface area contributed by atoms with E-state index in [2.05, 4.69) is 9.80 Å². The van der Waals surface area contributed by atoms with Gasteiger partial charge in [0.15, 0.2) is 0 Å². The van der Waals surface area contributed by atoms with Crippen molar-refractivity contribution in [3.63, 3.8) is 0 Å². The molecule has 1 aromatic carbocycles. The van der Waals surface area contributed by atoms with E-state index in [0.717, 1.165) is 18.7 Å². The molecule has 0 radical (unpaired) electrons. The summed E-state index contributed by atoms with van der Waals surface area (Å²) in [5.74, 6) is 0. The number of nitrogens with zero attached hydrogens (tertiary/aromatic N) is 3. The quantitative estimate of drug-likeness (QED) is 0.797. The van der Waals surface area contributed by atoms with Gasteiger partial charge in [-0.05, 0) is 38.8 Å². The zero-order valence-electron chi connectivity index (χ0n) is 14.0. The number of morpholine rings is 1. The molecular weight excluding hydrogens is 314 g/mol. The number of rotatable bonds is 4. The third-order valence-electron chi connectivity index (χ3n) is 4.61. The van der Waals surface area contributed by atoms with E-state index >= 15 is 0 Å². The normalized spacial score (nSPS) is 26.6. The second-order valence-electron chi connectivity index (χ2n) is 6.66. The van der Waals surface area contributed by atoms with Crippen LogP contribution in [0.15, 0.2) is 29.2 Å². The number of hydrogen-bond donors (Lipinski definition) is 0. The lowest BCUT2D eigenvalue weighted by Crippen LogP contribution is -2.48. The summed E-state index contributed by atoms with van der Waals surface area (Å²) in [4.78, 5) is 4.62. The molecule has 128 valence electrons. The molecule has 0 N–H and O–H groups in total. The minimum atomic E-state index is -3.45. The van der Waals surface area contributed by atoms with Gasteiger partial charge in [-0.2, -0.15) is 4.31 Å². The van der Waals surface area contributed by atoms with Crippen LogP contribution in [0.5, 0.6) is 0 Å². The van der Waals surface area contributed by atoms with Gasteiger partial charge in [0, 0.05) is 26.2 Å². The molecule has 0 bridgehead atoms. The van der Waals surface area contributed by atoms with Gasteiger partial charge < -0.3 is 9.64 Å². The molecular formula is C16H25N3O3S. The first-order valence-corrected chi connectivity index (χ1v) is 9.37. The predicted octanol–water partition coefficient (Wildman–Crippen LogP) is 0.452. The highest BCUT2D eigenvalue weighted by Crippen LogP contribution is 2.27. The Balaban J connectivity index is 1.76. The van der Waals surface area contributed by atoms with Gasteiger partial charge in [0.2, 0.25) is 10.0 Å². The van der Waals surface area contributed by atoms with Gasteiger partial charge in [-0.15, -0.1) is 0 Å². The molecule has 0 amide bonds. The summed E-state index contributed by atoms with van der Waals surface area (Å²) < 4.78 is 33.0. The Kier molecular flexibility index (Phi) is 4.75. The van der Waals surface area contributed by atoms with Crippen LogP contribution in [0.25, 0.3) is 0 Å². The summed E-state index contributed by atoms with van der Waals surface area (Å²) in [6, 6.07) is 7.35. The number of likely N-dealkylation sites (N-methyl/N-ethyl adjacent to an activating group) is 1. The monoisotopic (exact) mass is 339 g/mol. The number of sulfonamides is 1. The van der Waals surface area contributed by atoms with Crippen LogP contribution < -0.4 is 0 Å². The van der Waals surface area contributed by atoms with Gasteiger partial charge in [-0.25, -0.2) is 8.42 Å². The molecule has 0 aliphatic carbocycles. The van der Waals surface area contributed by atoms with Crippen molar-refractivity contribution in [2.75, 3.05) is 47.4 Å². The summed E-state index contributed by atoms with van der Waals surface area (Å²) in [6.45, 7) is 3.27. The topological polar surface area (TPSA) is 53.1 Å². The molecule has 1 aromatic rings. The molecule has 0 spiro atoms. The van der Waals surface area contributed by atoms with Crippen molar-refractivity contribution in [1.82, 2.24) is 14.1 Å². The third-order valence-corrected chi connectivity index (χ3v) is 6.45. The van der Waals surface area contributed by atoms with Crippen LogP contribution in [0.2, 0.25) is 0 Å². The highest BCUT2D eigenvalue weighted by atomic mass is 32.2. The van der Waals surface area contributed by atoms with E-state index in [1.54, 1.807) is 16.4 Å². The van der Waals surface area contributed by atoms with Crippen molar-refractivity contribution in [3.8, 4) is 0 Å². The first-order chi connectivity index (χ1) is 10.9. The molecule has 2 fully saturated rings. The highest BCUT2D eigenvalue weighted by molar-refractivity contribution is 7.89. The third kappa shape index (κ3) is 3.44. The second kappa shape index (κ2) is 6.49. The summed E-state index contributed by atoms with van der Waals surface area (Å²) in [5, 5.41) is 0. The Morgan fingerprint density at radius 2 is 1.91 bits per heavy atom. The van der Waals surface area contributed by atoms with E-state index < -0.39 is 10.0 Å². The first-order valence-electron chi connectivity index (χ1n) is 7.93. The van der Waals surface area contributed by atoms with E-state index in [4.69, 9.17) is 4.74 Å². The summed E-state index contributed by atoms with van der Waals surface area (Å²) in [5.41, 5.74) is 1.10. The molecule has 2 atom stereocenters. The zero-order chi connectivity index (χ0) is 16.6. The van der Waals surface area contributed by atoms with E-state index in [1.165, 1.54) is 0 Å². The smallest absolute Gasteiger partial charge is 0.243 e. The highest BCUT2D eigenvalue weighted by Gasteiger charge is 2.43. The second-order valence-corrected chi connectivity index (χ2v) is 8.60. The average molecular weight is 339 g/mol. The van der Waals surface area contributed by atoms with Gasteiger partial charge in [0.1, 0.15) is 0 Å². The first kappa shape index (κ1) is 16.9. The van der Waals surface area contributed by atoms with Gasteiger partial charge >= 0.3 is 0 Å². The molecule has 2 saturated heterocycles. The SMILES string of the molecule is CN(C)Cc1ccc(S(=O)(=O)N2C[C@H]3OCCN(C)[C@H]3C2)cc1. The predicted molar refractivity (Wildman–Crippen MR) is 88.7 cm³/mol. The maximum absolute atomic E-state index is 12.9. The van der Waals surface area contributed by atoms with Crippen molar-refractivity contribution in [1.29, 1.82) is 0 Å². The Morgan fingerprint density at radius 1 is 1.22 bits per heavy atom. The van der Waals surface area contributed by atoms with Gasteiger partial charge in [0.25, 0.3) is 0 Å². The average Bonchev–Trinajstić information content (AvgIpc) is 2.93. The van der Waals surface area contributed by atoms with Crippen LogP contribution in [-0.4, -0.2) is 82.1 Å². The lowest BCUT2D eigenvalue weighted by molar-refractivity contribution is -0.0366. The Labute approximate surface area is 138 Å². The fourth-order valence-corrected chi connectivity index (χ4v) is 4.77. The maximum atomic E-state index is 12.9. The fourth-order valence-electron chi connectivity index (χ4n) is 3.30. The van der Waals surface area contributed by atoms with Crippen molar-refractivity contribution in [3.05, 3.63) is 29.8 Å². The zero-order valence-corrected chi connectivity index (χ0v) is 14.8. The number of fused-ring (bicyclic) bond motifs is 1. The summed E-state index contributed by atoms with van der Waals surface area (Å²) in [7, 11) is 2.57. The van der Waals surface area contributed by atoms with Crippen LogP contribution >= 0.6 is 0 Å². The molecule has 0 unspecified atom stereocenters. The molecule has 2 aliphatic heterocycles. The molecule has 0 aromatic heterocycles. The maximum Gasteiger partial charge on any atom is 0.243 e. The standard InChI is InChI=1S/C16H25N3O3S/c1-17(2)10-13-4-6-14(7-5-13)23(20,21)19-11-15-16(12-19)22-9-8-18(15)3/h4-7,15-16H,8-12H2,1-3H3/t15-,16+/m0/s1. The van der Waals surface area contributed by atoms with Gasteiger partial charge in [-0.1, -0.05) is 12.1 Å². The van der Waals surface area contributed by atoms with E-state index in [9.17, 15) is 8.42 Å². The number of ether oxygens (including phenoxy) is 1. The lowest BCUT2D eigenvalue weighted by atomic mass is 10.1. The van der Waals surface area contributed by atoms with Crippen LogP contribution in [0.1, 0.15) is 5.56 Å². The largest absolute Gasteiger partial charge is 0.374 e. The Morgan fingerprint density at radius 3 is 2.52 bits per heavy atom. The minimum absolute atomic E-state index is 0.0171. The Hall–Kier alpha value is -0.990. The fraction of sp³-hybridized carbons (Fsp3) is 0.625. The van der Waals surface area contributed by atoms with Crippen LogP contribution in [0.3, 0.4) is 0 Å². The van der Waals surface area contributed by atoms with Crippen molar-refractivity contribution in [2.24, 2.45) is 0 Å². The van der Waals surface area contributed by atoms with Crippen LogP contribution in [-0.2, 0) is 21.3 Å². The Bertz CT molecular complexity index is 645. The van der Waals surface area contributed by atoms with Crippen LogP contribution in [0.4, 0.5) is 0 Å². The molecule has 7 heteroatoms. The summed E-state index contributed by atoms with van der Waals surface area (Å²) in [6.07, 6.45) is -0.0171. The van der Waals surface area contributed by atoms with Crippen molar-refractivity contribution >= 4 is 10.0 Å².